The van der Waals surface area contributed by atoms with Crippen LogP contribution in [0.2, 0.25) is 0 Å². The zero-order chi connectivity index (χ0) is 14.3. The highest BCUT2D eigenvalue weighted by molar-refractivity contribution is 5.04. The molecule has 2 aliphatic heterocycles. The van der Waals surface area contributed by atoms with E-state index in [1.165, 1.54) is 52.0 Å². The van der Waals surface area contributed by atoms with Gasteiger partial charge in [0.1, 0.15) is 0 Å². The molecule has 0 atom stereocenters. The Morgan fingerprint density at radius 3 is 2.11 bits per heavy atom. The zero-order valence-electron chi connectivity index (χ0n) is 14.1. The Bertz CT molecular complexity index is 302. The first-order valence-electron chi connectivity index (χ1n) is 8.07. The highest BCUT2D eigenvalue weighted by atomic mass is 15.3. The lowest BCUT2D eigenvalue weighted by Crippen LogP contribution is -2.63. The maximum Gasteiger partial charge on any atom is 0.0125 e. The molecule has 2 rings (SSSR count). The van der Waals surface area contributed by atoms with Crippen molar-refractivity contribution in [2.45, 2.75) is 66.3 Å². The van der Waals surface area contributed by atoms with Gasteiger partial charge in [-0.1, -0.05) is 20.8 Å². The third kappa shape index (κ3) is 3.95. The van der Waals surface area contributed by atoms with Gasteiger partial charge >= 0.3 is 0 Å². The third-order valence-corrected chi connectivity index (χ3v) is 4.92. The van der Waals surface area contributed by atoms with E-state index >= 15 is 0 Å². The minimum atomic E-state index is 0.366. The monoisotopic (exact) mass is 266 g/mol. The van der Waals surface area contributed by atoms with E-state index in [0.29, 0.717) is 16.4 Å². The molecular formula is C17H34N2. The smallest absolute Gasteiger partial charge is 0.0125 e. The highest BCUT2D eigenvalue weighted by Gasteiger charge is 2.49. The molecule has 0 unspecified atom stereocenters. The first kappa shape index (κ1) is 15.3. The van der Waals surface area contributed by atoms with Crippen molar-refractivity contribution in [1.29, 1.82) is 0 Å². The quantitative estimate of drug-likeness (QED) is 0.770. The summed E-state index contributed by atoms with van der Waals surface area (Å²) < 4.78 is 0. The van der Waals surface area contributed by atoms with E-state index in [2.05, 4.69) is 51.3 Å². The molecular weight excluding hydrogens is 232 g/mol. The van der Waals surface area contributed by atoms with Crippen molar-refractivity contribution >= 4 is 0 Å². The Morgan fingerprint density at radius 2 is 1.58 bits per heavy atom. The fourth-order valence-corrected chi connectivity index (χ4v) is 3.55. The van der Waals surface area contributed by atoms with Gasteiger partial charge in [-0.15, -0.1) is 0 Å². The number of likely N-dealkylation sites (tertiary alicyclic amines) is 2. The summed E-state index contributed by atoms with van der Waals surface area (Å²) in [5, 5.41) is 0. The molecule has 0 aromatic rings. The van der Waals surface area contributed by atoms with Gasteiger partial charge in [-0.3, -0.25) is 4.90 Å². The number of hydrogen-bond donors (Lipinski definition) is 0. The van der Waals surface area contributed by atoms with Gasteiger partial charge in [-0.25, -0.2) is 0 Å². The van der Waals surface area contributed by atoms with Gasteiger partial charge in [0.15, 0.2) is 0 Å². The lowest BCUT2D eigenvalue weighted by molar-refractivity contribution is -0.0521. The Hall–Kier alpha value is -0.0800. The summed E-state index contributed by atoms with van der Waals surface area (Å²) in [5.74, 6) is 0. The van der Waals surface area contributed by atoms with Crippen LogP contribution in [0.4, 0.5) is 0 Å². The molecule has 0 bridgehead atoms. The molecule has 2 heteroatoms. The first-order valence-corrected chi connectivity index (χ1v) is 8.07. The molecule has 1 spiro atoms. The van der Waals surface area contributed by atoms with Crippen LogP contribution >= 0.6 is 0 Å². The van der Waals surface area contributed by atoms with Gasteiger partial charge < -0.3 is 4.90 Å². The van der Waals surface area contributed by atoms with Gasteiger partial charge in [0.05, 0.1) is 0 Å². The Balaban J connectivity index is 1.70. The van der Waals surface area contributed by atoms with Crippen molar-refractivity contribution in [2.24, 2.45) is 10.8 Å². The molecule has 2 heterocycles. The number of hydrogen-bond acceptors (Lipinski definition) is 2. The molecule has 0 aliphatic carbocycles. The molecule has 112 valence electrons. The molecule has 0 aromatic carbocycles. The largest absolute Gasteiger partial charge is 0.303 e. The lowest BCUT2D eigenvalue weighted by atomic mass is 9.76. The lowest BCUT2D eigenvalue weighted by Gasteiger charge is -2.54. The van der Waals surface area contributed by atoms with E-state index in [0.717, 1.165) is 0 Å². The van der Waals surface area contributed by atoms with Crippen LogP contribution in [-0.2, 0) is 0 Å². The molecule has 2 nitrogen and oxygen atoms in total. The second-order valence-electron chi connectivity index (χ2n) is 9.22. The fraction of sp³-hybridized carbons (Fsp3) is 1.00. The molecule has 0 aromatic heterocycles. The average Bonchev–Trinajstić information content (AvgIpc) is 2.56. The number of nitrogens with zero attached hydrogens (tertiary/aromatic N) is 2. The minimum Gasteiger partial charge on any atom is -0.303 e. The number of rotatable bonds is 3. The average molecular weight is 266 g/mol. The minimum absolute atomic E-state index is 0.366. The van der Waals surface area contributed by atoms with Crippen molar-refractivity contribution in [2.75, 3.05) is 32.7 Å². The second kappa shape index (κ2) is 5.04. The summed E-state index contributed by atoms with van der Waals surface area (Å²) in [4.78, 5) is 5.36. The topological polar surface area (TPSA) is 6.48 Å². The summed E-state index contributed by atoms with van der Waals surface area (Å²) in [6, 6.07) is 0. The summed E-state index contributed by atoms with van der Waals surface area (Å²) in [6.45, 7) is 20.7. The van der Waals surface area contributed by atoms with Crippen molar-refractivity contribution in [3.8, 4) is 0 Å². The fourth-order valence-electron chi connectivity index (χ4n) is 3.55. The van der Waals surface area contributed by atoms with E-state index in [1.807, 2.05) is 0 Å². The molecule has 2 fully saturated rings. The van der Waals surface area contributed by atoms with Crippen LogP contribution in [0.15, 0.2) is 0 Å². The predicted octanol–water partition coefficient (Wildman–Crippen LogP) is 3.62. The molecule has 2 aliphatic rings. The van der Waals surface area contributed by atoms with E-state index < -0.39 is 0 Å². The van der Waals surface area contributed by atoms with Crippen molar-refractivity contribution < 1.29 is 0 Å². The first-order chi connectivity index (χ1) is 8.60. The van der Waals surface area contributed by atoms with Gasteiger partial charge in [-0.2, -0.15) is 0 Å². The van der Waals surface area contributed by atoms with E-state index in [1.54, 1.807) is 0 Å². The van der Waals surface area contributed by atoms with E-state index in [4.69, 9.17) is 0 Å². The highest BCUT2D eigenvalue weighted by Crippen LogP contribution is 2.42. The maximum absolute atomic E-state index is 2.71. The molecule has 0 N–H and O–H groups in total. The van der Waals surface area contributed by atoms with Crippen molar-refractivity contribution in [1.82, 2.24) is 9.80 Å². The third-order valence-electron chi connectivity index (χ3n) is 4.92. The maximum atomic E-state index is 2.71. The van der Waals surface area contributed by atoms with Gasteiger partial charge in [-0.05, 0) is 58.5 Å². The summed E-state index contributed by atoms with van der Waals surface area (Å²) in [5.41, 5.74) is 1.51. The molecule has 0 amide bonds. The Morgan fingerprint density at radius 1 is 0.947 bits per heavy atom. The van der Waals surface area contributed by atoms with Crippen LogP contribution in [0.25, 0.3) is 0 Å². The van der Waals surface area contributed by atoms with Crippen molar-refractivity contribution in [3.05, 3.63) is 0 Å². The van der Waals surface area contributed by atoms with Crippen LogP contribution in [0.5, 0.6) is 0 Å². The van der Waals surface area contributed by atoms with Gasteiger partial charge in [0, 0.05) is 30.6 Å². The van der Waals surface area contributed by atoms with Crippen molar-refractivity contribution in [3.63, 3.8) is 0 Å². The predicted molar refractivity (Wildman–Crippen MR) is 83.5 cm³/mol. The SMILES string of the molecule is CC(C)(C)CCCN1CCC2(C1)CN(C(C)(C)C)C2. The van der Waals surface area contributed by atoms with Crippen LogP contribution in [0.1, 0.15) is 60.8 Å². The zero-order valence-corrected chi connectivity index (χ0v) is 14.1. The van der Waals surface area contributed by atoms with Crippen LogP contribution < -0.4 is 0 Å². The molecule has 19 heavy (non-hydrogen) atoms. The normalized spacial score (nSPS) is 24.9. The molecule has 2 saturated heterocycles. The second-order valence-corrected chi connectivity index (χ2v) is 9.22. The van der Waals surface area contributed by atoms with E-state index in [9.17, 15) is 0 Å². The Kier molecular flexibility index (Phi) is 4.06. The van der Waals surface area contributed by atoms with Gasteiger partial charge in [0.2, 0.25) is 0 Å². The summed E-state index contributed by atoms with van der Waals surface area (Å²) in [7, 11) is 0. The van der Waals surface area contributed by atoms with E-state index in [-0.39, 0.29) is 0 Å². The standard InChI is InChI=1S/C17H34N2/c1-15(2,3)8-7-10-18-11-9-17(12-18)13-19(14-17)16(4,5)6/h7-14H2,1-6H3. The van der Waals surface area contributed by atoms with Crippen LogP contribution in [0.3, 0.4) is 0 Å². The van der Waals surface area contributed by atoms with Gasteiger partial charge in [0.25, 0.3) is 0 Å². The summed E-state index contributed by atoms with van der Waals surface area (Å²) in [6.07, 6.45) is 4.14. The van der Waals surface area contributed by atoms with Crippen LogP contribution in [-0.4, -0.2) is 48.1 Å². The summed E-state index contributed by atoms with van der Waals surface area (Å²) >= 11 is 0. The Labute approximate surface area is 120 Å². The molecule has 0 saturated carbocycles. The molecule has 0 radical (unpaired) electrons. The van der Waals surface area contributed by atoms with Crippen LogP contribution in [0, 0.1) is 10.8 Å².